The molecule has 0 spiro atoms. The third-order valence-corrected chi connectivity index (χ3v) is 5.58. The summed E-state index contributed by atoms with van der Waals surface area (Å²) in [6.45, 7) is 1.05. The van der Waals surface area contributed by atoms with Crippen LogP contribution in [0.2, 0.25) is 5.02 Å². The van der Waals surface area contributed by atoms with Crippen molar-refractivity contribution in [2.75, 3.05) is 13.6 Å². The van der Waals surface area contributed by atoms with E-state index in [0.717, 1.165) is 40.3 Å². The number of pyridine rings is 1. The third kappa shape index (κ3) is 3.07. The Morgan fingerprint density at radius 1 is 1.11 bits per heavy atom. The molecular formula is C21H20ClN5. The van der Waals surface area contributed by atoms with Gasteiger partial charge in [-0.2, -0.15) is 0 Å². The van der Waals surface area contributed by atoms with Gasteiger partial charge in [-0.1, -0.05) is 17.7 Å². The molecule has 0 amide bonds. The molecule has 0 N–H and O–H groups in total. The second-order valence-electron chi connectivity index (χ2n) is 7.25. The highest BCUT2D eigenvalue weighted by atomic mass is 35.5. The van der Waals surface area contributed by atoms with Gasteiger partial charge in [0.1, 0.15) is 0 Å². The van der Waals surface area contributed by atoms with Gasteiger partial charge < -0.3 is 5.01 Å². The van der Waals surface area contributed by atoms with E-state index in [0.29, 0.717) is 5.02 Å². The molecule has 136 valence electrons. The highest BCUT2D eigenvalue weighted by Gasteiger charge is 2.34. The van der Waals surface area contributed by atoms with Gasteiger partial charge in [-0.3, -0.25) is 15.0 Å². The van der Waals surface area contributed by atoms with Crippen LogP contribution in [0.5, 0.6) is 0 Å². The maximum atomic E-state index is 6.51. The Morgan fingerprint density at radius 3 is 2.81 bits per heavy atom. The molecule has 5 nitrogen and oxygen atoms in total. The zero-order chi connectivity index (χ0) is 18.4. The van der Waals surface area contributed by atoms with E-state index in [9.17, 15) is 0 Å². The normalized spacial score (nSPS) is 19.9. The third-order valence-electron chi connectivity index (χ3n) is 5.29. The van der Waals surface area contributed by atoms with Gasteiger partial charge in [-0.25, -0.2) is 5.01 Å². The lowest BCUT2D eigenvalue weighted by molar-refractivity contribution is 0.0328. The van der Waals surface area contributed by atoms with Gasteiger partial charge >= 0.3 is 0 Å². The number of fused-ring (bicyclic) bond motifs is 1. The summed E-state index contributed by atoms with van der Waals surface area (Å²) in [6.07, 6.45) is 12.2. The second kappa shape index (κ2) is 6.59. The summed E-state index contributed by atoms with van der Waals surface area (Å²) >= 11 is 6.51. The van der Waals surface area contributed by atoms with Crippen LogP contribution in [-0.4, -0.2) is 38.6 Å². The molecular weight excluding hydrogens is 358 g/mol. The number of hydrazine groups is 1. The van der Waals surface area contributed by atoms with Crippen molar-refractivity contribution in [2.45, 2.75) is 18.9 Å². The molecule has 3 aromatic rings. The molecule has 6 heteroatoms. The zero-order valence-electron chi connectivity index (χ0n) is 15.1. The Morgan fingerprint density at radius 2 is 1.96 bits per heavy atom. The number of benzene rings is 1. The fraction of sp³-hybridized carbons (Fsp3) is 0.286. The predicted molar refractivity (Wildman–Crippen MR) is 107 cm³/mol. The molecule has 0 saturated heterocycles. The summed E-state index contributed by atoms with van der Waals surface area (Å²) in [5.41, 5.74) is 3.61. The fourth-order valence-electron chi connectivity index (χ4n) is 3.70. The summed E-state index contributed by atoms with van der Waals surface area (Å²) in [4.78, 5) is 13.8. The monoisotopic (exact) mass is 377 g/mol. The van der Waals surface area contributed by atoms with Crippen LogP contribution in [0.15, 0.2) is 55.1 Å². The molecule has 0 radical (unpaired) electrons. The zero-order valence-corrected chi connectivity index (χ0v) is 15.8. The molecule has 1 fully saturated rings. The second-order valence-corrected chi connectivity index (χ2v) is 7.66. The number of nitrogens with zero attached hydrogens (tertiary/aromatic N) is 5. The number of rotatable bonds is 4. The van der Waals surface area contributed by atoms with E-state index < -0.39 is 0 Å². The summed E-state index contributed by atoms with van der Waals surface area (Å²) < 4.78 is 0. The Hall–Kier alpha value is -2.50. The SMILES string of the molecule is CN1C=CC(c2nccnc2-c2cc(Cl)c3ncccc3c2)N1CC1CC1. The summed E-state index contributed by atoms with van der Waals surface area (Å²) in [7, 11) is 2.09. The van der Waals surface area contributed by atoms with E-state index in [4.69, 9.17) is 16.6 Å². The molecule has 5 rings (SSSR count). The van der Waals surface area contributed by atoms with Crippen LogP contribution >= 0.6 is 11.6 Å². The predicted octanol–water partition coefficient (Wildman–Crippen LogP) is 4.47. The lowest BCUT2D eigenvalue weighted by atomic mass is 10.0. The van der Waals surface area contributed by atoms with E-state index in [-0.39, 0.29) is 6.04 Å². The maximum Gasteiger partial charge on any atom is 0.0938 e. The molecule has 1 aliphatic heterocycles. The molecule has 1 aromatic carbocycles. The van der Waals surface area contributed by atoms with Gasteiger partial charge in [-0.05, 0) is 43.0 Å². The van der Waals surface area contributed by atoms with Gasteiger partial charge in [0.05, 0.1) is 28.0 Å². The van der Waals surface area contributed by atoms with Crippen molar-refractivity contribution >= 4 is 22.5 Å². The molecule has 2 aromatic heterocycles. The molecule has 1 aliphatic carbocycles. The van der Waals surface area contributed by atoms with Crippen molar-refractivity contribution < 1.29 is 0 Å². The van der Waals surface area contributed by atoms with Crippen molar-refractivity contribution in [3.05, 3.63) is 65.8 Å². The highest BCUT2D eigenvalue weighted by Crippen LogP contribution is 2.38. The molecule has 2 aliphatic rings. The average molecular weight is 378 g/mol. The largest absolute Gasteiger partial charge is 0.315 e. The van der Waals surface area contributed by atoms with Crippen molar-refractivity contribution in [1.82, 2.24) is 25.0 Å². The van der Waals surface area contributed by atoms with Gasteiger partial charge in [0.15, 0.2) is 0 Å². The molecule has 3 heterocycles. The smallest absolute Gasteiger partial charge is 0.0938 e. The Balaban J connectivity index is 1.59. The minimum atomic E-state index is 0.0858. The minimum Gasteiger partial charge on any atom is -0.315 e. The van der Waals surface area contributed by atoms with Gasteiger partial charge in [0.25, 0.3) is 0 Å². The van der Waals surface area contributed by atoms with E-state index in [1.807, 2.05) is 18.2 Å². The number of hydrogen-bond acceptors (Lipinski definition) is 5. The first kappa shape index (κ1) is 16.7. The van der Waals surface area contributed by atoms with Crippen LogP contribution in [0.25, 0.3) is 22.2 Å². The Kier molecular flexibility index (Phi) is 4.06. The standard InChI is InChI=1S/C21H20ClN5/c1-26-10-6-18(27(26)13-14-4-5-14)21-20(24-8-9-25-21)16-11-15-3-2-7-23-19(15)17(22)12-16/h2-3,6-12,14,18H,4-5,13H2,1H3. The summed E-state index contributed by atoms with van der Waals surface area (Å²) in [6, 6.07) is 8.07. The molecule has 1 saturated carbocycles. The topological polar surface area (TPSA) is 45.2 Å². The van der Waals surface area contributed by atoms with Gasteiger partial charge in [0.2, 0.25) is 0 Å². The lowest BCUT2D eigenvalue weighted by Crippen LogP contribution is -2.36. The number of halogens is 1. The van der Waals surface area contributed by atoms with Crippen LogP contribution in [0.3, 0.4) is 0 Å². The summed E-state index contributed by atoms with van der Waals surface area (Å²) in [5.74, 6) is 0.788. The van der Waals surface area contributed by atoms with Crippen LogP contribution in [0.1, 0.15) is 24.6 Å². The number of aromatic nitrogens is 3. The van der Waals surface area contributed by atoms with Crippen molar-refractivity contribution in [3.8, 4) is 11.3 Å². The van der Waals surface area contributed by atoms with E-state index >= 15 is 0 Å². The van der Waals surface area contributed by atoms with Gasteiger partial charge in [0, 0.05) is 49.3 Å². The molecule has 0 bridgehead atoms. The minimum absolute atomic E-state index is 0.0858. The highest BCUT2D eigenvalue weighted by molar-refractivity contribution is 6.35. The Labute approximate surface area is 163 Å². The van der Waals surface area contributed by atoms with Crippen molar-refractivity contribution in [3.63, 3.8) is 0 Å². The van der Waals surface area contributed by atoms with Crippen LogP contribution in [-0.2, 0) is 0 Å². The average Bonchev–Trinajstić information content (AvgIpc) is 3.44. The van der Waals surface area contributed by atoms with Crippen molar-refractivity contribution in [2.24, 2.45) is 5.92 Å². The van der Waals surface area contributed by atoms with Crippen LogP contribution in [0.4, 0.5) is 0 Å². The lowest BCUT2D eigenvalue weighted by Gasteiger charge is -2.31. The van der Waals surface area contributed by atoms with E-state index in [1.54, 1.807) is 18.6 Å². The fourth-order valence-corrected chi connectivity index (χ4v) is 3.97. The molecule has 1 unspecified atom stereocenters. The maximum absolute atomic E-state index is 6.51. The van der Waals surface area contributed by atoms with Crippen LogP contribution < -0.4 is 0 Å². The first-order valence-corrected chi connectivity index (χ1v) is 9.62. The van der Waals surface area contributed by atoms with E-state index in [2.05, 4.69) is 45.4 Å². The molecule has 27 heavy (non-hydrogen) atoms. The number of hydrogen-bond donors (Lipinski definition) is 0. The molecule has 1 atom stereocenters. The first-order valence-electron chi connectivity index (χ1n) is 9.24. The first-order chi connectivity index (χ1) is 13.2. The van der Waals surface area contributed by atoms with Crippen LogP contribution in [0, 0.1) is 5.92 Å². The van der Waals surface area contributed by atoms with E-state index in [1.165, 1.54) is 12.8 Å². The van der Waals surface area contributed by atoms with Crippen molar-refractivity contribution in [1.29, 1.82) is 0 Å². The Bertz CT molecular complexity index is 1030. The quantitative estimate of drug-likeness (QED) is 0.671. The summed E-state index contributed by atoms with van der Waals surface area (Å²) in [5, 5.41) is 6.17. The van der Waals surface area contributed by atoms with Gasteiger partial charge in [-0.15, -0.1) is 0 Å².